The quantitative estimate of drug-likeness (QED) is 0.595. The zero-order valence-electron chi connectivity index (χ0n) is 7.27. The Balaban J connectivity index is 2.84. The number of aliphatic carboxylic acids is 1. The Morgan fingerprint density at radius 3 is 2.71 bits per heavy atom. The van der Waals surface area contributed by atoms with Crippen LogP contribution in [0.2, 0.25) is 5.15 Å². The van der Waals surface area contributed by atoms with Gasteiger partial charge in [0.1, 0.15) is 11.0 Å². The maximum Gasteiger partial charge on any atom is 0.376 e. The summed E-state index contributed by atoms with van der Waals surface area (Å²) < 4.78 is 1.52. The second-order valence-corrected chi connectivity index (χ2v) is 2.89. The highest BCUT2D eigenvalue weighted by atomic mass is 35.5. The third-order valence-corrected chi connectivity index (χ3v) is 1.91. The molecule has 0 atom stereocenters. The summed E-state index contributed by atoms with van der Waals surface area (Å²) >= 11 is 5.67. The second-order valence-electron chi connectivity index (χ2n) is 2.50. The molecular weight excluding hydrogens is 208 g/mol. The highest BCUT2D eigenvalue weighted by Gasteiger charge is 2.07. The molecular formula is C8H7ClN2O3. The van der Waals surface area contributed by atoms with Crippen LogP contribution in [0.4, 0.5) is 0 Å². The van der Waals surface area contributed by atoms with E-state index < -0.39 is 11.8 Å². The molecule has 0 fully saturated rings. The number of hydrogen-bond donors (Lipinski definition) is 1. The second kappa shape index (κ2) is 4.06. The molecule has 0 aliphatic rings. The fourth-order valence-electron chi connectivity index (χ4n) is 0.778. The lowest BCUT2D eigenvalue weighted by atomic mass is 10.3. The van der Waals surface area contributed by atoms with Crippen molar-refractivity contribution in [2.24, 2.45) is 7.05 Å². The number of hydrogen-bond acceptors (Lipinski definition) is 3. The Labute approximate surface area is 84.6 Å². The topological polar surface area (TPSA) is 72.2 Å². The molecule has 0 bridgehead atoms. The van der Waals surface area contributed by atoms with Crippen LogP contribution >= 0.6 is 11.6 Å². The number of carbonyl (C=O) groups excluding carboxylic acids is 1. The fraction of sp³-hybridized carbons (Fsp3) is 0.125. The largest absolute Gasteiger partial charge is 0.475 e. The summed E-state index contributed by atoms with van der Waals surface area (Å²) in [5.41, 5.74) is 0. The van der Waals surface area contributed by atoms with Crippen LogP contribution in [0.3, 0.4) is 0 Å². The summed E-state index contributed by atoms with van der Waals surface area (Å²) in [5.74, 6) is -2.07. The van der Waals surface area contributed by atoms with Gasteiger partial charge in [0.2, 0.25) is 0 Å². The third kappa shape index (κ3) is 2.20. The molecule has 1 rings (SSSR count). The molecule has 0 aromatic carbocycles. The normalized spacial score (nSPS) is 10.7. The van der Waals surface area contributed by atoms with E-state index in [9.17, 15) is 9.59 Å². The first-order chi connectivity index (χ1) is 6.52. The minimum absolute atomic E-state index is 0.410. The predicted molar refractivity (Wildman–Crippen MR) is 49.9 cm³/mol. The number of carboxylic acid groups (broad SMARTS) is 1. The Morgan fingerprint density at radius 2 is 2.29 bits per heavy atom. The lowest BCUT2D eigenvalue weighted by Gasteiger charge is -1.94. The minimum Gasteiger partial charge on any atom is -0.475 e. The van der Waals surface area contributed by atoms with Crippen LogP contribution < -0.4 is 0 Å². The van der Waals surface area contributed by atoms with E-state index >= 15 is 0 Å². The van der Waals surface area contributed by atoms with Gasteiger partial charge in [-0.1, -0.05) is 11.6 Å². The van der Waals surface area contributed by atoms with E-state index in [0.717, 1.165) is 6.08 Å². The van der Waals surface area contributed by atoms with Crippen molar-refractivity contribution in [3.63, 3.8) is 0 Å². The molecule has 1 aromatic rings. The number of rotatable bonds is 3. The van der Waals surface area contributed by atoms with Crippen LogP contribution in [-0.4, -0.2) is 26.4 Å². The Bertz CT molecular complexity index is 409. The van der Waals surface area contributed by atoms with Crippen molar-refractivity contribution in [1.29, 1.82) is 0 Å². The summed E-state index contributed by atoms with van der Waals surface area (Å²) in [4.78, 5) is 24.7. The van der Waals surface area contributed by atoms with E-state index in [1.807, 2.05) is 0 Å². The lowest BCUT2D eigenvalue weighted by Crippen LogP contribution is -2.08. The zero-order valence-corrected chi connectivity index (χ0v) is 8.02. The van der Waals surface area contributed by atoms with Gasteiger partial charge >= 0.3 is 5.97 Å². The number of aromatic nitrogens is 2. The molecule has 1 heterocycles. The van der Waals surface area contributed by atoms with Crippen molar-refractivity contribution in [2.75, 3.05) is 0 Å². The molecule has 0 radical (unpaired) electrons. The molecule has 5 nitrogen and oxygen atoms in total. The highest BCUT2D eigenvalue weighted by molar-refractivity contribution is 6.38. The first kappa shape index (κ1) is 10.5. The molecule has 1 N–H and O–H groups in total. The molecule has 14 heavy (non-hydrogen) atoms. The Kier molecular flexibility index (Phi) is 3.03. The van der Waals surface area contributed by atoms with Gasteiger partial charge in [-0.2, -0.15) is 0 Å². The fourth-order valence-corrected chi connectivity index (χ4v) is 0.914. The van der Waals surface area contributed by atoms with Crippen LogP contribution in [0.25, 0.3) is 6.08 Å². The zero-order chi connectivity index (χ0) is 10.7. The number of nitrogens with zero attached hydrogens (tertiary/aromatic N) is 2. The molecule has 0 aliphatic heterocycles. The van der Waals surface area contributed by atoms with Gasteiger partial charge in [0.05, 0.1) is 6.20 Å². The minimum atomic E-state index is -1.50. The van der Waals surface area contributed by atoms with Gasteiger partial charge in [0.15, 0.2) is 0 Å². The molecule has 0 saturated heterocycles. The van der Waals surface area contributed by atoms with Crippen molar-refractivity contribution >= 4 is 29.4 Å². The summed E-state index contributed by atoms with van der Waals surface area (Å²) in [7, 11) is 1.65. The SMILES string of the molecule is Cn1c(Cl)cnc1/C=C/C(=O)C(=O)O. The highest BCUT2D eigenvalue weighted by Crippen LogP contribution is 2.09. The number of carbonyl (C=O) groups is 2. The number of carboxylic acids is 1. The number of imidazole rings is 1. The van der Waals surface area contributed by atoms with Gasteiger partial charge in [-0.05, 0) is 12.2 Å². The summed E-state index contributed by atoms with van der Waals surface area (Å²) in [6.07, 6.45) is 3.63. The smallest absolute Gasteiger partial charge is 0.376 e. The molecule has 0 saturated carbocycles. The lowest BCUT2D eigenvalue weighted by molar-refractivity contribution is -0.146. The summed E-state index contributed by atoms with van der Waals surface area (Å²) in [6, 6.07) is 0. The van der Waals surface area contributed by atoms with Gasteiger partial charge in [-0.25, -0.2) is 9.78 Å². The van der Waals surface area contributed by atoms with Gasteiger partial charge in [0, 0.05) is 7.05 Å². The van der Waals surface area contributed by atoms with E-state index in [1.165, 1.54) is 16.8 Å². The van der Waals surface area contributed by atoms with Gasteiger partial charge in [-0.15, -0.1) is 0 Å². The van der Waals surface area contributed by atoms with E-state index in [0.29, 0.717) is 11.0 Å². The first-order valence-corrected chi connectivity index (χ1v) is 4.02. The summed E-state index contributed by atoms with van der Waals surface area (Å²) in [6.45, 7) is 0. The van der Waals surface area contributed by atoms with Crippen LogP contribution in [0.15, 0.2) is 12.3 Å². The standard InChI is InChI=1S/C8H7ClN2O3/c1-11-6(9)4-10-7(11)3-2-5(12)8(13)14/h2-4H,1H3,(H,13,14)/b3-2+. The summed E-state index contributed by atoms with van der Waals surface area (Å²) in [5, 5.41) is 8.69. The monoisotopic (exact) mass is 214 g/mol. The van der Waals surface area contributed by atoms with Crippen LogP contribution in [0, 0.1) is 0 Å². The van der Waals surface area contributed by atoms with E-state index in [-0.39, 0.29) is 0 Å². The Morgan fingerprint density at radius 1 is 1.64 bits per heavy atom. The molecule has 6 heteroatoms. The van der Waals surface area contributed by atoms with Crippen molar-refractivity contribution in [2.45, 2.75) is 0 Å². The van der Waals surface area contributed by atoms with Crippen LogP contribution in [-0.2, 0) is 16.6 Å². The van der Waals surface area contributed by atoms with Gasteiger partial charge < -0.3 is 9.67 Å². The van der Waals surface area contributed by atoms with E-state index in [4.69, 9.17) is 16.7 Å². The van der Waals surface area contributed by atoms with Crippen molar-refractivity contribution in [3.8, 4) is 0 Å². The number of halogens is 1. The average molecular weight is 215 g/mol. The van der Waals surface area contributed by atoms with E-state index in [1.54, 1.807) is 7.05 Å². The van der Waals surface area contributed by atoms with Crippen LogP contribution in [0.5, 0.6) is 0 Å². The molecule has 0 amide bonds. The molecule has 74 valence electrons. The first-order valence-electron chi connectivity index (χ1n) is 3.65. The van der Waals surface area contributed by atoms with Crippen molar-refractivity contribution < 1.29 is 14.7 Å². The molecule has 0 aliphatic carbocycles. The Hall–Kier alpha value is -1.62. The number of ketones is 1. The van der Waals surface area contributed by atoms with Crippen molar-refractivity contribution in [3.05, 3.63) is 23.3 Å². The molecule has 0 spiro atoms. The van der Waals surface area contributed by atoms with E-state index in [2.05, 4.69) is 4.98 Å². The van der Waals surface area contributed by atoms with Crippen LogP contribution in [0.1, 0.15) is 5.82 Å². The average Bonchev–Trinajstić information content (AvgIpc) is 2.44. The maximum absolute atomic E-state index is 10.7. The molecule has 1 aromatic heterocycles. The predicted octanol–water partition coefficient (Wildman–Crippen LogP) is 0.740. The molecule has 0 unspecified atom stereocenters. The van der Waals surface area contributed by atoms with Crippen molar-refractivity contribution in [1.82, 2.24) is 9.55 Å². The third-order valence-electron chi connectivity index (χ3n) is 1.56. The maximum atomic E-state index is 10.7. The van der Waals surface area contributed by atoms with Gasteiger partial charge in [0.25, 0.3) is 5.78 Å². The van der Waals surface area contributed by atoms with Gasteiger partial charge in [-0.3, -0.25) is 4.79 Å².